The number of rotatable bonds is 4. The lowest BCUT2D eigenvalue weighted by atomic mass is 10.2. The molecule has 100 valence electrons. The van der Waals surface area contributed by atoms with Gasteiger partial charge in [-0.3, -0.25) is 4.98 Å². The van der Waals surface area contributed by atoms with Crippen molar-refractivity contribution in [2.75, 3.05) is 0 Å². The maximum atomic E-state index is 4.44. The quantitative estimate of drug-likeness (QED) is 0.731. The van der Waals surface area contributed by atoms with Gasteiger partial charge in [0, 0.05) is 41.7 Å². The lowest BCUT2D eigenvalue weighted by Gasteiger charge is -2.08. The van der Waals surface area contributed by atoms with Gasteiger partial charge in [-0.2, -0.15) is 0 Å². The summed E-state index contributed by atoms with van der Waals surface area (Å²) >= 11 is 3.50. The third kappa shape index (κ3) is 3.14. The molecule has 1 aromatic carbocycles. The van der Waals surface area contributed by atoms with Crippen LogP contribution in [0.2, 0.25) is 0 Å². The van der Waals surface area contributed by atoms with E-state index in [1.165, 1.54) is 5.56 Å². The largest absolute Gasteiger partial charge is 0.330 e. The van der Waals surface area contributed by atoms with Gasteiger partial charge in [-0.05, 0) is 29.8 Å². The molecule has 0 unspecified atom stereocenters. The monoisotopic (exact) mass is 327 g/mol. The number of nitrogens with zero attached hydrogens (tertiary/aromatic N) is 3. The van der Waals surface area contributed by atoms with Crippen LogP contribution in [-0.4, -0.2) is 14.5 Å². The Kier molecular flexibility index (Phi) is 3.92. The number of imidazole rings is 1. The van der Waals surface area contributed by atoms with Crippen LogP contribution in [0.3, 0.4) is 0 Å². The first-order valence-corrected chi connectivity index (χ1v) is 7.25. The molecule has 0 aliphatic carbocycles. The maximum Gasteiger partial charge on any atom is 0.114 e. The second-order valence-electron chi connectivity index (χ2n) is 4.60. The standard InChI is InChI=1S/C16H14BrN3/c17-14-5-3-4-13(10-14)12-20-9-8-19-16(20)11-15-6-1-2-7-18-15/h1-10H,11-12H2. The average molecular weight is 328 g/mol. The molecule has 0 saturated heterocycles. The highest BCUT2D eigenvalue weighted by molar-refractivity contribution is 9.10. The Hall–Kier alpha value is -1.94. The van der Waals surface area contributed by atoms with Crippen LogP contribution in [-0.2, 0) is 13.0 Å². The van der Waals surface area contributed by atoms with E-state index in [-0.39, 0.29) is 0 Å². The van der Waals surface area contributed by atoms with Crippen LogP contribution in [0.4, 0.5) is 0 Å². The summed E-state index contributed by atoms with van der Waals surface area (Å²) in [5.41, 5.74) is 2.29. The van der Waals surface area contributed by atoms with Gasteiger partial charge in [-0.1, -0.05) is 34.1 Å². The van der Waals surface area contributed by atoms with Gasteiger partial charge in [0.1, 0.15) is 5.82 Å². The lowest BCUT2D eigenvalue weighted by molar-refractivity contribution is 0.735. The Balaban J connectivity index is 1.80. The van der Waals surface area contributed by atoms with E-state index in [9.17, 15) is 0 Å². The molecule has 3 nitrogen and oxygen atoms in total. The molecule has 3 rings (SSSR count). The summed E-state index contributed by atoms with van der Waals surface area (Å²) in [5, 5.41) is 0. The first-order chi connectivity index (χ1) is 9.81. The summed E-state index contributed by atoms with van der Waals surface area (Å²) < 4.78 is 3.26. The van der Waals surface area contributed by atoms with Crippen LogP contribution in [0.15, 0.2) is 65.5 Å². The van der Waals surface area contributed by atoms with Gasteiger partial charge in [0.25, 0.3) is 0 Å². The summed E-state index contributed by atoms with van der Waals surface area (Å²) in [6.45, 7) is 0.821. The highest BCUT2D eigenvalue weighted by Crippen LogP contribution is 2.14. The minimum atomic E-state index is 0.752. The summed E-state index contributed by atoms with van der Waals surface area (Å²) in [6.07, 6.45) is 6.42. The minimum absolute atomic E-state index is 0.752. The Morgan fingerprint density at radius 1 is 1.00 bits per heavy atom. The van der Waals surface area contributed by atoms with Gasteiger partial charge in [-0.25, -0.2) is 4.98 Å². The van der Waals surface area contributed by atoms with Gasteiger partial charge in [0.05, 0.1) is 0 Å². The molecule has 0 fully saturated rings. The van der Waals surface area contributed by atoms with Crippen molar-refractivity contribution in [2.45, 2.75) is 13.0 Å². The molecule has 4 heteroatoms. The van der Waals surface area contributed by atoms with E-state index < -0.39 is 0 Å². The maximum absolute atomic E-state index is 4.44. The van der Waals surface area contributed by atoms with Gasteiger partial charge in [0.2, 0.25) is 0 Å². The average Bonchev–Trinajstić information content (AvgIpc) is 2.87. The van der Waals surface area contributed by atoms with Crippen molar-refractivity contribution in [1.82, 2.24) is 14.5 Å². The zero-order valence-corrected chi connectivity index (χ0v) is 12.5. The van der Waals surface area contributed by atoms with Crippen molar-refractivity contribution < 1.29 is 0 Å². The summed E-state index contributed by atoms with van der Waals surface area (Å²) in [6, 6.07) is 14.3. The molecule has 0 bridgehead atoms. The molecule has 20 heavy (non-hydrogen) atoms. The van der Waals surface area contributed by atoms with Crippen molar-refractivity contribution in [3.8, 4) is 0 Å². The summed E-state index contributed by atoms with van der Waals surface area (Å²) in [7, 11) is 0. The number of hydrogen-bond donors (Lipinski definition) is 0. The Bertz CT molecular complexity index is 692. The smallest absolute Gasteiger partial charge is 0.114 e. The fourth-order valence-corrected chi connectivity index (χ4v) is 2.59. The van der Waals surface area contributed by atoms with Crippen molar-refractivity contribution >= 4 is 15.9 Å². The van der Waals surface area contributed by atoms with Crippen molar-refractivity contribution in [1.29, 1.82) is 0 Å². The molecule has 0 aliphatic rings. The SMILES string of the molecule is Brc1cccc(Cn2ccnc2Cc2ccccn2)c1. The number of pyridine rings is 1. The Labute approximate surface area is 126 Å². The van der Waals surface area contributed by atoms with E-state index in [0.29, 0.717) is 0 Å². The summed E-state index contributed by atoms with van der Waals surface area (Å²) in [5.74, 6) is 1.03. The van der Waals surface area contributed by atoms with Crippen LogP contribution in [0.25, 0.3) is 0 Å². The zero-order valence-electron chi connectivity index (χ0n) is 10.9. The van der Waals surface area contributed by atoms with Gasteiger partial charge in [-0.15, -0.1) is 0 Å². The fraction of sp³-hybridized carbons (Fsp3) is 0.125. The van der Waals surface area contributed by atoms with Crippen LogP contribution in [0.5, 0.6) is 0 Å². The zero-order chi connectivity index (χ0) is 13.8. The molecule has 0 N–H and O–H groups in total. The highest BCUT2D eigenvalue weighted by Gasteiger charge is 2.05. The van der Waals surface area contributed by atoms with Crippen LogP contribution >= 0.6 is 15.9 Å². The molecule has 0 radical (unpaired) electrons. The van der Waals surface area contributed by atoms with Crippen molar-refractivity contribution in [3.05, 3.63) is 82.6 Å². The van der Waals surface area contributed by atoms with E-state index in [2.05, 4.69) is 48.7 Å². The first-order valence-electron chi connectivity index (χ1n) is 6.45. The first kappa shape index (κ1) is 13.1. The number of aromatic nitrogens is 3. The number of hydrogen-bond acceptors (Lipinski definition) is 2. The van der Waals surface area contributed by atoms with Crippen LogP contribution < -0.4 is 0 Å². The number of halogens is 1. The van der Waals surface area contributed by atoms with Crippen molar-refractivity contribution in [3.63, 3.8) is 0 Å². The highest BCUT2D eigenvalue weighted by atomic mass is 79.9. The molecule has 2 heterocycles. The molecule has 0 saturated carbocycles. The third-order valence-corrected chi connectivity index (χ3v) is 3.60. The van der Waals surface area contributed by atoms with Gasteiger partial charge < -0.3 is 4.57 Å². The Morgan fingerprint density at radius 3 is 2.75 bits per heavy atom. The molecule has 2 aromatic heterocycles. The third-order valence-electron chi connectivity index (χ3n) is 3.11. The topological polar surface area (TPSA) is 30.7 Å². The molecular formula is C16H14BrN3. The Morgan fingerprint density at radius 2 is 1.95 bits per heavy atom. The summed E-state index contributed by atoms with van der Waals surface area (Å²) in [4.78, 5) is 8.80. The molecule has 0 atom stereocenters. The second-order valence-corrected chi connectivity index (χ2v) is 5.51. The molecule has 3 aromatic rings. The molecule has 0 aliphatic heterocycles. The lowest BCUT2D eigenvalue weighted by Crippen LogP contribution is -2.05. The van der Waals surface area contributed by atoms with E-state index in [0.717, 1.165) is 29.0 Å². The molecular weight excluding hydrogens is 314 g/mol. The van der Waals surface area contributed by atoms with E-state index in [1.807, 2.05) is 42.9 Å². The van der Waals surface area contributed by atoms with Crippen molar-refractivity contribution in [2.24, 2.45) is 0 Å². The van der Waals surface area contributed by atoms with Gasteiger partial charge >= 0.3 is 0 Å². The van der Waals surface area contributed by atoms with Crippen LogP contribution in [0.1, 0.15) is 17.1 Å². The number of benzene rings is 1. The van der Waals surface area contributed by atoms with Crippen LogP contribution in [0, 0.1) is 0 Å². The second kappa shape index (κ2) is 6.01. The minimum Gasteiger partial charge on any atom is -0.330 e. The molecule has 0 amide bonds. The normalized spacial score (nSPS) is 10.7. The fourth-order valence-electron chi connectivity index (χ4n) is 2.15. The van der Waals surface area contributed by atoms with Gasteiger partial charge in [0.15, 0.2) is 0 Å². The van der Waals surface area contributed by atoms with E-state index in [4.69, 9.17) is 0 Å². The predicted molar refractivity (Wildman–Crippen MR) is 82.5 cm³/mol. The van der Waals surface area contributed by atoms with E-state index >= 15 is 0 Å². The molecule has 0 spiro atoms. The van der Waals surface area contributed by atoms with E-state index in [1.54, 1.807) is 0 Å². The predicted octanol–water partition coefficient (Wildman–Crippen LogP) is 3.68.